The summed E-state index contributed by atoms with van der Waals surface area (Å²) in [6.07, 6.45) is -1.15. The van der Waals surface area contributed by atoms with Gasteiger partial charge in [-0.2, -0.15) is 17.5 Å². The van der Waals surface area contributed by atoms with Gasteiger partial charge in [-0.25, -0.2) is 13.4 Å². The Hall–Kier alpha value is -2.39. The lowest BCUT2D eigenvalue weighted by atomic mass is 10.2. The molecule has 26 heavy (non-hydrogen) atoms. The summed E-state index contributed by atoms with van der Waals surface area (Å²) in [5.74, 6) is 0. The molecule has 0 saturated heterocycles. The van der Waals surface area contributed by atoms with E-state index in [0.717, 1.165) is 24.3 Å². The van der Waals surface area contributed by atoms with Crippen molar-refractivity contribution in [2.45, 2.75) is 24.5 Å². The van der Waals surface area contributed by atoms with Gasteiger partial charge in [-0.05, 0) is 36.4 Å². The minimum absolute atomic E-state index is 0.0606. The van der Waals surface area contributed by atoms with Crippen LogP contribution in [0, 0.1) is 0 Å². The first-order chi connectivity index (χ1) is 12.2. The molecule has 1 aromatic carbocycles. The van der Waals surface area contributed by atoms with Crippen molar-refractivity contribution in [2.24, 2.45) is 0 Å². The van der Waals surface area contributed by atoms with E-state index in [9.17, 15) is 21.6 Å². The Balaban J connectivity index is 1.91. The minimum Gasteiger partial charge on any atom is -0.303 e. The maximum atomic E-state index is 12.8. The van der Waals surface area contributed by atoms with E-state index in [1.54, 1.807) is 35.9 Å². The molecule has 0 amide bonds. The number of pyridine rings is 1. The molecule has 0 unspecified atom stereocenters. The fourth-order valence-electron chi connectivity index (χ4n) is 2.61. The van der Waals surface area contributed by atoms with Gasteiger partial charge in [-0.3, -0.25) is 0 Å². The van der Waals surface area contributed by atoms with Crippen molar-refractivity contribution < 1.29 is 21.6 Å². The van der Waals surface area contributed by atoms with Crippen molar-refractivity contribution in [1.82, 2.24) is 13.7 Å². The summed E-state index contributed by atoms with van der Waals surface area (Å²) in [6, 6.07) is 8.93. The summed E-state index contributed by atoms with van der Waals surface area (Å²) in [5.41, 5.74) is 0.463. The van der Waals surface area contributed by atoms with Gasteiger partial charge in [0.2, 0.25) is 10.0 Å². The third-order valence-corrected chi connectivity index (χ3v) is 5.94. The normalized spacial score (nSPS) is 12.8. The highest BCUT2D eigenvalue weighted by Gasteiger charge is 2.31. The number of aromatic nitrogens is 2. The lowest BCUT2D eigenvalue weighted by molar-refractivity contribution is -0.137. The van der Waals surface area contributed by atoms with Gasteiger partial charge in [0.1, 0.15) is 5.65 Å². The average molecular weight is 383 g/mol. The molecule has 0 aliphatic carbocycles. The zero-order chi connectivity index (χ0) is 18.9. The molecule has 0 aliphatic heterocycles. The van der Waals surface area contributed by atoms with E-state index >= 15 is 0 Å². The van der Waals surface area contributed by atoms with Gasteiger partial charge in [0, 0.05) is 12.7 Å². The molecule has 138 valence electrons. The standard InChI is InChI=1S/C17H16F3N3O2S/c1-2-22(12-14-11-21-16-5-3-4-10-23(14)16)26(24,25)15-8-6-13(7-9-15)17(18,19)20/h3-11H,2,12H2,1H3. The van der Waals surface area contributed by atoms with Crippen molar-refractivity contribution >= 4 is 15.7 Å². The van der Waals surface area contributed by atoms with E-state index in [4.69, 9.17) is 0 Å². The average Bonchev–Trinajstić information content (AvgIpc) is 3.02. The monoisotopic (exact) mass is 383 g/mol. The Kier molecular flexibility index (Phi) is 4.76. The Morgan fingerprint density at radius 2 is 1.81 bits per heavy atom. The largest absolute Gasteiger partial charge is 0.416 e. The van der Waals surface area contributed by atoms with E-state index in [-0.39, 0.29) is 18.0 Å². The lowest BCUT2D eigenvalue weighted by Gasteiger charge is -2.20. The zero-order valence-electron chi connectivity index (χ0n) is 13.8. The molecule has 0 radical (unpaired) electrons. The van der Waals surface area contributed by atoms with Gasteiger partial charge in [0.05, 0.1) is 28.9 Å². The van der Waals surface area contributed by atoms with Crippen LogP contribution >= 0.6 is 0 Å². The Morgan fingerprint density at radius 1 is 1.12 bits per heavy atom. The number of nitrogens with zero attached hydrogens (tertiary/aromatic N) is 3. The zero-order valence-corrected chi connectivity index (χ0v) is 14.6. The molecule has 3 aromatic rings. The van der Waals surface area contributed by atoms with E-state index in [2.05, 4.69) is 4.98 Å². The highest BCUT2D eigenvalue weighted by molar-refractivity contribution is 7.89. The van der Waals surface area contributed by atoms with Crippen LogP contribution in [0.1, 0.15) is 18.2 Å². The number of benzene rings is 1. The smallest absolute Gasteiger partial charge is 0.303 e. The lowest BCUT2D eigenvalue weighted by Crippen LogP contribution is -2.31. The number of rotatable bonds is 5. The van der Waals surface area contributed by atoms with E-state index < -0.39 is 21.8 Å². The second-order valence-electron chi connectivity index (χ2n) is 5.63. The summed E-state index contributed by atoms with van der Waals surface area (Å²) in [4.78, 5) is 4.04. The summed E-state index contributed by atoms with van der Waals surface area (Å²) in [6.45, 7) is 1.90. The van der Waals surface area contributed by atoms with Crippen LogP contribution in [0.2, 0.25) is 0 Å². The third-order valence-electron chi connectivity index (χ3n) is 4.00. The molecule has 2 heterocycles. The molecule has 9 heteroatoms. The quantitative estimate of drug-likeness (QED) is 0.677. The van der Waals surface area contributed by atoms with Gasteiger partial charge >= 0.3 is 6.18 Å². The highest BCUT2D eigenvalue weighted by atomic mass is 32.2. The van der Waals surface area contributed by atoms with Gasteiger partial charge < -0.3 is 4.40 Å². The molecule has 0 aliphatic rings. The fourth-order valence-corrected chi connectivity index (χ4v) is 4.03. The number of hydrogen-bond donors (Lipinski definition) is 0. The Morgan fingerprint density at radius 3 is 2.42 bits per heavy atom. The second kappa shape index (κ2) is 6.73. The summed E-state index contributed by atoms with van der Waals surface area (Å²) in [5, 5.41) is 0. The van der Waals surface area contributed by atoms with Crippen LogP contribution < -0.4 is 0 Å². The van der Waals surface area contributed by atoms with Crippen molar-refractivity contribution in [3.05, 3.63) is 66.1 Å². The van der Waals surface area contributed by atoms with E-state index in [1.165, 1.54) is 4.31 Å². The SMILES string of the molecule is CCN(Cc1cnc2ccccn12)S(=O)(=O)c1ccc(C(F)(F)F)cc1. The first-order valence-electron chi connectivity index (χ1n) is 7.82. The number of halogens is 3. The number of imidazole rings is 1. The predicted octanol–water partition coefficient (Wildman–Crippen LogP) is 3.56. The molecule has 0 atom stereocenters. The molecular formula is C17H16F3N3O2S. The van der Waals surface area contributed by atoms with Crippen LogP contribution in [-0.4, -0.2) is 28.7 Å². The number of hydrogen-bond acceptors (Lipinski definition) is 3. The molecule has 2 aromatic heterocycles. The number of fused-ring (bicyclic) bond motifs is 1. The van der Waals surface area contributed by atoms with Crippen molar-refractivity contribution in [3.63, 3.8) is 0 Å². The van der Waals surface area contributed by atoms with Gasteiger partial charge in [0.25, 0.3) is 0 Å². The Labute approximate surface area is 148 Å². The summed E-state index contributed by atoms with van der Waals surface area (Å²) >= 11 is 0. The van der Waals surface area contributed by atoms with Gasteiger partial charge in [-0.1, -0.05) is 13.0 Å². The molecule has 0 spiro atoms. The van der Waals surface area contributed by atoms with Crippen LogP contribution in [0.15, 0.2) is 59.8 Å². The van der Waals surface area contributed by atoms with E-state index in [1.807, 2.05) is 6.07 Å². The van der Waals surface area contributed by atoms with Gasteiger partial charge in [-0.15, -0.1) is 0 Å². The predicted molar refractivity (Wildman–Crippen MR) is 89.9 cm³/mol. The Bertz CT molecular complexity index is 1010. The van der Waals surface area contributed by atoms with Crippen LogP contribution in [0.4, 0.5) is 13.2 Å². The second-order valence-corrected chi connectivity index (χ2v) is 7.57. The van der Waals surface area contributed by atoms with Crippen molar-refractivity contribution in [2.75, 3.05) is 6.54 Å². The topological polar surface area (TPSA) is 54.7 Å². The fraction of sp³-hybridized carbons (Fsp3) is 0.235. The highest BCUT2D eigenvalue weighted by Crippen LogP contribution is 2.30. The maximum absolute atomic E-state index is 12.8. The maximum Gasteiger partial charge on any atom is 0.416 e. The third kappa shape index (κ3) is 3.45. The first kappa shape index (κ1) is 18.4. The molecule has 0 fully saturated rings. The van der Waals surface area contributed by atoms with Crippen LogP contribution in [0.25, 0.3) is 5.65 Å². The van der Waals surface area contributed by atoms with Crippen molar-refractivity contribution in [3.8, 4) is 0 Å². The summed E-state index contributed by atoms with van der Waals surface area (Å²) < 4.78 is 66.6. The van der Waals surface area contributed by atoms with Crippen LogP contribution in [-0.2, 0) is 22.7 Å². The molecule has 5 nitrogen and oxygen atoms in total. The molecule has 0 bridgehead atoms. The first-order valence-corrected chi connectivity index (χ1v) is 9.26. The number of alkyl halides is 3. The summed E-state index contributed by atoms with van der Waals surface area (Å²) in [7, 11) is -3.93. The molecule has 3 rings (SSSR count). The molecule has 0 N–H and O–H groups in total. The van der Waals surface area contributed by atoms with E-state index in [0.29, 0.717) is 11.3 Å². The molecular weight excluding hydrogens is 367 g/mol. The minimum atomic E-state index is -4.51. The van der Waals surface area contributed by atoms with Crippen LogP contribution in [0.5, 0.6) is 0 Å². The van der Waals surface area contributed by atoms with Crippen molar-refractivity contribution in [1.29, 1.82) is 0 Å². The molecule has 0 saturated carbocycles. The number of sulfonamides is 1. The van der Waals surface area contributed by atoms with Crippen LogP contribution in [0.3, 0.4) is 0 Å². The van der Waals surface area contributed by atoms with Gasteiger partial charge in [0.15, 0.2) is 0 Å².